The third kappa shape index (κ3) is 5.62. The van der Waals surface area contributed by atoms with Gasteiger partial charge < -0.3 is 5.11 Å². The van der Waals surface area contributed by atoms with E-state index < -0.39 is 5.41 Å². The van der Waals surface area contributed by atoms with Gasteiger partial charge in [0.05, 0.1) is 22.5 Å². The second kappa shape index (κ2) is 12.5. The normalized spacial score (nSPS) is 13.4. The number of aromatic nitrogens is 2. The predicted octanol–water partition coefficient (Wildman–Crippen LogP) is 12.1. The third-order valence-electron chi connectivity index (χ3n) is 10.6. The van der Waals surface area contributed by atoms with E-state index in [-0.39, 0.29) is 16.6 Å². The van der Waals surface area contributed by atoms with Gasteiger partial charge in [0.1, 0.15) is 5.75 Å². The summed E-state index contributed by atoms with van der Waals surface area (Å²) in [6.07, 6.45) is 1.92. The van der Waals surface area contributed by atoms with Crippen LogP contribution < -0.4 is 0 Å². The fraction of sp³-hybridized carbons (Fsp3) is 0.184. The zero-order valence-electron chi connectivity index (χ0n) is 30.8. The van der Waals surface area contributed by atoms with Crippen molar-refractivity contribution in [1.29, 1.82) is 0 Å². The molecule has 3 nitrogen and oxygen atoms in total. The molecule has 0 unspecified atom stereocenters. The Labute approximate surface area is 307 Å². The number of phenolic OH excluding ortho intramolecular Hbond substituents is 1. The fourth-order valence-corrected chi connectivity index (χ4v) is 7.79. The average Bonchev–Trinajstić information content (AvgIpc) is 3.45. The summed E-state index contributed by atoms with van der Waals surface area (Å²) >= 11 is 0. The Bertz CT molecular complexity index is 2370. The van der Waals surface area contributed by atoms with Crippen LogP contribution in [0.3, 0.4) is 0 Å². The van der Waals surface area contributed by atoms with Crippen LogP contribution in [0.2, 0.25) is 0 Å². The summed E-state index contributed by atoms with van der Waals surface area (Å²) in [6.45, 7) is 13.7. The number of nitrogens with zero attached hydrogens (tertiary/aromatic N) is 2. The standard InChI is InChI=1S/C49H44N2O/c1-47(2,3)35-22-24-38-39-25-23-36(48(4,5)6)31-42(39)49(41(38)30-35,46-21-12-13-26-50-46)37-18-14-17-33(27-37)43-28-34(32-15-8-7-9-16-32)29-44(51-43)40-19-10-11-20-45(40)52/h7-31,52H,1-6H3. The van der Waals surface area contributed by atoms with Crippen LogP contribution in [0.5, 0.6) is 5.75 Å². The van der Waals surface area contributed by atoms with Gasteiger partial charge in [-0.2, -0.15) is 0 Å². The van der Waals surface area contributed by atoms with Crippen molar-refractivity contribution in [3.8, 4) is 50.5 Å². The van der Waals surface area contributed by atoms with E-state index in [1.807, 2.05) is 36.5 Å². The molecule has 8 rings (SSSR count). The zero-order valence-corrected chi connectivity index (χ0v) is 30.8. The highest BCUT2D eigenvalue weighted by Crippen LogP contribution is 2.57. The Morgan fingerprint density at radius 2 is 1.08 bits per heavy atom. The van der Waals surface area contributed by atoms with E-state index in [2.05, 4.69) is 151 Å². The van der Waals surface area contributed by atoms with Crippen LogP contribution in [0.15, 0.2) is 152 Å². The molecule has 7 aromatic rings. The second-order valence-corrected chi connectivity index (χ2v) is 16.1. The van der Waals surface area contributed by atoms with Crippen LogP contribution in [-0.4, -0.2) is 15.1 Å². The van der Waals surface area contributed by atoms with E-state index in [0.29, 0.717) is 5.56 Å². The first kappa shape index (κ1) is 33.3. The van der Waals surface area contributed by atoms with Gasteiger partial charge >= 0.3 is 0 Å². The van der Waals surface area contributed by atoms with Gasteiger partial charge in [0.25, 0.3) is 0 Å². The van der Waals surface area contributed by atoms with E-state index >= 15 is 0 Å². The number of phenols is 1. The number of fused-ring (bicyclic) bond motifs is 3. The van der Waals surface area contributed by atoms with Gasteiger partial charge in [-0.1, -0.05) is 145 Å². The van der Waals surface area contributed by atoms with Crippen molar-refractivity contribution in [2.24, 2.45) is 0 Å². The summed E-state index contributed by atoms with van der Waals surface area (Å²) in [7, 11) is 0. The number of aromatic hydroxyl groups is 1. The van der Waals surface area contributed by atoms with E-state index in [1.54, 1.807) is 6.07 Å². The molecular formula is C49H44N2O. The van der Waals surface area contributed by atoms with Crippen molar-refractivity contribution in [2.45, 2.75) is 57.8 Å². The molecule has 1 aliphatic rings. The van der Waals surface area contributed by atoms with Crippen molar-refractivity contribution >= 4 is 0 Å². The average molecular weight is 677 g/mol. The second-order valence-electron chi connectivity index (χ2n) is 16.1. The van der Waals surface area contributed by atoms with Gasteiger partial charge in [0.15, 0.2) is 0 Å². The number of hydrogen-bond donors (Lipinski definition) is 1. The summed E-state index contributed by atoms with van der Waals surface area (Å²) in [6, 6.07) is 51.3. The maximum absolute atomic E-state index is 10.9. The SMILES string of the molecule is CC(C)(C)c1ccc2c(c1)C(c1cccc(-c3cc(-c4ccccc4)cc(-c4ccccc4O)n3)c1)(c1ccccn1)c1cc(C(C)(C)C)ccc1-2. The molecule has 0 spiro atoms. The molecule has 0 fully saturated rings. The van der Waals surface area contributed by atoms with Gasteiger partial charge in [-0.15, -0.1) is 0 Å². The topological polar surface area (TPSA) is 46.0 Å². The molecular weight excluding hydrogens is 633 g/mol. The summed E-state index contributed by atoms with van der Waals surface area (Å²) in [4.78, 5) is 10.4. The minimum absolute atomic E-state index is 0.0424. The van der Waals surface area contributed by atoms with Crippen LogP contribution in [-0.2, 0) is 16.2 Å². The molecule has 5 aromatic carbocycles. The molecule has 1 aliphatic carbocycles. The molecule has 52 heavy (non-hydrogen) atoms. The van der Waals surface area contributed by atoms with Crippen molar-refractivity contribution in [1.82, 2.24) is 9.97 Å². The van der Waals surface area contributed by atoms with Crippen molar-refractivity contribution in [3.05, 3.63) is 185 Å². The van der Waals surface area contributed by atoms with Crippen LogP contribution >= 0.6 is 0 Å². The van der Waals surface area contributed by atoms with Crippen molar-refractivity contribution in [2.75, 3.05) is 0 Å². The molecule has 0 bridgehead atoms. The smallest absolute Gasteiger partial charge is 0.124 e. The van der Waals surface area contributed by atoms with Crippen LogP contribution in [0, 0.1) is 0 Å². The van der Waals surface area contributed by atoms with E-state index in [0.717, 1.165) is 39.3 Å². The monoisotopic (exact) mass is 676 g/mol. The lowest BCUT2D eigenvalue weighted by Gasteiger charge is -2.34. The Morgan fingerprint density at radius 3 is 1.69 bits per heavy atom. The first-order valence-electron chi connectivity index (χ1n) is 18.1. The zero-order chi connectivity index (χ0) is 36.3. The van der Waals surface area contributed by atoms with Crippen LogP contribution in [0.1, 0.15) is 75.1 Å². The van der Waals surface area contributed by atoms with Gasteiger partial charge in [-0.3, -0.25) is 4.98 Å². The molecule has 0 saturated heterocycles. The first-order chi connectivity index (χ1) is 24.9. The van der Waals surface area contributed by atoms with E-state index in [1.165, 1.54) is 33.4 Å². The summed E-state index contributed by atoms with van der Waals surface area (Å²) < 4.78 is 0. The van der Waals surface area contributed by atoms with E-state index in [4.69, 9.17) is 9.97 Å². The Balaban J connectivity index is 1.43. The largest absolute Gasteiger partial charge is 0.507 e. The predicted molar refractivity (Wildman–Crippen MR) is 215 cm³/mol. The van der Waals surface area contributed by atoms with Crippen LogP contribution in [0.4, 0.5) is 0 Å². The molecule has 0 aliphatic heterocycles. The molecule has 3 heteroatoms. The molecule has 2 heterocycles. The highest BCUT2D eigenvalue weighted by atomic mass is 16.3. The molecule has 0 saturated carbocycles. The summed E-state index contributed by atoms with van der Waals surface area (Å²) in [5, 5.41) is 10.9. The number of para-hydroxylation sites is 1. The van der Waals surface area contributed by atoms with Crippen molar-refractivity contribution in [3.63, 3.8) is 0 Å². The summed E-state index contributed by atoms with van der Waals surface area (Å²) in [5.41, 5.74) is 14.3. The lowest BCUT2D eigenvalue weighted by molar-refractivity contribution is 0.477. The van der Waals surface area contributed by atoms with Gasteiger partial charge in [0, 0.05) is 17.3 Å². The molecule has 256 valence electrons. The first-order valence-corrected chi connectivity index (χ1v) is 18.1. The number of benzene rings is 5. The number of hydrogen-bond acceptors (Lipinski definition) is 3. The lowest BCUT2D eigenvalue weighted by atomic mass is 9.68. The lowest BCUT2D eigenvalue weighted by Crippen LogP contribution is -2.30. The molecule has 0 radical (unpaired) electrons. The van der Waals surface area contributed by atoms with E-state index in [9.17, 15) is 5.11 Å². The Hall–Kier alpha value is -5.80. The maximum Gasteiger partial charge on any atom is 0.124 e. The molecule has 0 atom stereocenters. The summed E-state index contributed by atoms with van der Waals surface area (Å²) in [5.74, 6) is 0.206. The Kier molecular flexibility index (Phi) is 7.99. The third-order valence-corrected chi connectivity index (χ3v) is 10.6. The fourth-order valence-electron chi connectivity index (χ4n) is 7.79. The highest BCUT2D eigenvalue weighted by Gasteiger charge is 2.48. The molecule has 2 aromatic heterocycles. The van der Waals surface area contributed by atoms with Crippen molar-refractivity contribution < 1.29 is 5.11 Å². The van der Waals surface area contributed by atoms with Crippen LogP contribution in [0.25, 0.3) is 44.8 Å². The Morgan fingerprint density at radius 1 is 0.481 bits per heavy atom. The maximum atomic E-state index is 10.9. The minimum atomic E-state index is -0.679. The quantitative estimate of drug-likeness (QED) is 0.197. The van der Waals surface area contributed by atoms with Gasteiger partial charge in [-0.05, 0) is 103 Å². The number of pyridine rings is 2. The highest BCUT2D eigenvalue weighted by molar-refractivity contribution is 5.87. The van der Waals surface area contributed by atoms with Gasteiger partial charge in [-0.25, -0.2) is 4.98 Å². The molecule has 1 N–H and O–H groups in total. The molecule has 0 amide bonds. The van der Waals surface area contributed by atoms with Gasteiger partial charge in [0.2, 0.25) is 0 Å². The minimum Gasteiger partial charge on any atom is -0.507 e. The number of rotatable bonds is 5.